The molecule has 0 saturated heterocycles. The Labute approximate surface area is 99.1 Å². The van der Waals surface area contributed by atoms with Gasteiger partial charge in [0.1, 0.15) is 11.8 Å². The maximum Gasteiger partial charge on any atom is 0.329 e. The molecule has 3 N–H and O–H groups in total. The van der Waals surface area contributed by atoms with Gasteiger partial charge in [0.2, 0.25) is 5.91 Å². The van der Waals surface area contributed by atoms with E-state index in [9.17, 15) is 9.59 Å². The van der Waals surface area contributed by atoms with Crippen LogP contribution in [-0.2, 0) is 20.7 Å². The molecule has 94 valence electrons. The van der Waals surface area contributed by atoms with E-state index < -0.39 is 17.9 Å². The highest BCUT2D eigenvalue weighted by Crippen LogP contribution is 2.05. The van der Waals surface area contributed by atoms with Crippen LogP contribution in [0.5, 0.6) is 0 Å². The van der Waals surface area contributed by atoms with Crippen LogP contribution in [0.4, 0.5) is 0 Å². The predicted molar refractivity (Wildman–Crippen MR) is 60.0 cm³/mol. The minimum absolute atomic E-state index is 0.173. The fraction of sp³-hybridized carbons (Fsp3) is 0.455. The lowest BCUT2D eigenvalue weighted by molar-refractivity contribution is -0.147. The molecule has 1 amide bonds. The zero-order valence-electron chi connectivity index (χ0n) is 9.64. The number of hydrogen-bond acceptors (Lipinski definition) is 5. The molecule has 0 aliphatic heterocycles. The normalized spacial score (nSPS) is 11.9. The van der Waals surface area contributed by atoms with Gasteiger partial charge in [0.05, 0.1) is 19.4 Å². The number of esters is 1. The summed E-state index contributed by atoms with van der Waals surface area (Å²) in [7, 11) is 0. The third-order valence-corrected chi connectivity index (χ3v) is 2.08. The number of nitrogens with two attached hydrogens (primary N) is 1. The number of carbonyl (C=O) groups is 2. The molecule has 0 aromatic carbocycles. The molecular weight excluding hydrogens is 224 g/mol. The molecule has 1 atom stereocenters. The van der Waals surface area contributed by atoms with Gasteiger partial charge in [0.15, 0.2) is 0 Å². The Hall–Kier alpha value is -1.82. The first-order chi connectivity index (χ1) is 8.17. The van der Waals surface area contributed by atoms with Crippen molar-refractivity contribution in [1.82, 2.24) is 5.32 Å². The average molecular weight is 240 g/mol. The van der Waals surface area contributed by atoms with Crippen LogP contribution < -0.4 is 11.1 Å². The zero-order valence-corrected chi connectivity index (χ0v) is 9.64. The summed E-state index contributed by atoms with van der Waals surface area (Å²) in [4.78, 5) is 22.8. The number of hydrogen-bond donors (Lipinski definition) is 2. The first-order valence-corrected chi connectivity index (χ1v) is 5.35. The summed E-state index contributed by atoms with van der Waals surface area (Å²) in [6.07, 6.45) is 1.75. The number of carbonyl (C=O) groups excluding carboxylic acids is 2. The largest absolute Gasteiger partial charge is 0.469 e. The molecule has 0 unspecified atom stereocenters. The highest BCUT2D eigenvalue weighted by molar-refractivity contribution is 5.85. The predicted octanol–water partition coefficient (Wildman–Crippen LogP) is -0.171. The summed E-state index contributed by atoms with van der Waals surface area (Å²) in [5.41, 5.74) is 5.18. The van der Waals surface area contributed by atoms with Gasteiger partial charge >= 0.3 is 5.97 Å². The van der Waals surface area contributed by atoms with Crippen molar-refractivity contribution >= 4 is 11.9 Å². The monoisotopic (exact) mass is 240 g/mol. The van der Waals surface area contributed by atoms with Crippen molar-refractivity contribution in [1.29, 1.82) is 0 Å². The molecule has 1 rings (SSSR count). The molecule has 0 bridgehead atoms. The molecule has 1 heterocycles. The van der Waals surface area contributed by atoms with Gasteiger partial charge in [-0.1, -0.05) is 0 Å². The SMILES string of the molecule is CCOC(=O)[C@H](Cc1ccco1)NC(=O)CN. The van der Waals surface area contributed by atoms with Gasteiger partial charge in [0.25, 0.3) is 0 Å². The molecule has 0 spiro atoms. The van der Waals surface area contributed by atoms with E-state index >= 15 is 0 Å². The molecular formula is C11H16N2O4. The molecule has 0 radical (unpaired) electrons. The van der Waals surface area contributed by atoms with E-state index in [4.69, 9.17) is 14.9 Å². The van der Waals surface area contributed by atoms with Crippen molar-refractivity contribution in [3.8, 4) is 0 Å². The fourth-order valence-electron chi connectivity index (χ4n) is 1.32. The van der Waals surface area contributed by atoms with Crippen LogP contribution in [0.25, 0.3) is 0 Å². The molecule has 0 saturated carbocycles. The second-order valence-electron chi connectivity index (χ2n) is 3.36. The maximum absolute atomic E-state index is 11.6. The number of nitrogens with one attached hydrogen (secondary N) is 1. The van der Waals surface area contributed by atoms with E-state index in [1.165, 1.54) is 6.26 Å². The van der Waals surface area contributed by atoms with Crippen molar-refractivity contribution in [2.75, 3.05) is 13.2 Å². The molecule has 6 heteroatoms. The lowest BCUT2D eigenvalue weighted by atomic mass is 10.1. The molecule has 6 nitrogen and oxygen atoms in total. The number of furan rings is 1. The number of amides is 1. The number of rotatable bonds is 6. The van der Waals surface area contributed by atoms with Crippen molar-refractivity contribution in [2.45, 2.75) is 19.4 Å². The van der Waals surface area contributed by atoms with Gasteiger partial charge in [-0.3, -0.25) is 4.79 Å². The molecule has 1 aromatic heterocycles. The van der Waals surface area contributed by atoms with Gasteiger partial charge in [-0.25, -0.2) is 4.79 Å². The van der Waals surface area contributed by atoms with E-state index in [1.807, 2.05) is 0 Å². The van der Waals surface area contributed by atoms with Crippen molar-refractivity contribution in [3.05, 3.63) is 24.2 Å². The Balaban J connectivity index is 2.64. The van der Waals surface area contributed by atoms with Crippen LogP contribution in [0.1, 0.15) is 12.7 Å². The van der Waals surface area contributed by atoms with Gasteiger partial charge in [-0.05, 0) is 19.1 Å². The van der Waals surface area contributed by atoms with Crippen LogP contribution in [0.3, 0.4) is 0 Å². The van der Waals surface area contributed by atoms with Crippen LogP contribution in [0.2, 0.25) is 0 Å². The second kappa shape index (κ2) is 6.70. The van der Waals surface area contributed by atoms with E-state index in [0.717, 1.165) is 0 Å². The van der Waals surface area contributed by atoms with E-state index in [1.54, 1.807) is 19.1 Å². The van der Waals surface area contributed by atoms with Crippen LogP contribution in [-0.4, -0.2) is 31.1 Å². The van der Waals surface area contributed by atoms with Crippen LogP contribution >= 0.6 is 0 Å². The maximum atomic E-state index is 11.6. The Bertz CT molecular complexity index is 362. The van der Waals surface area contributed by atoms with Crippen molar-refractivity contribution < 1.29 is 18.7 Å². The topological polar surface area (TPSA) is 94.6 Å². The van der Waals surface area contributed by atoms with E-state index in [0.29, 0.717) is 5.76 Å². The quantitative estimate of drug-likeness (QED) is 0.673. The van der Waals surface area contributed by atoms with Gasteiger partial charge < -0.3 is 20.2 Å². The lowest BCUT2D eigenvalue weighted by Crippen LogP contribution is -2.45. The fourth-order valence-corrected chi connectivity index (χ4v) is 1.32. The third-order valence-electron chi connectivity index (χ3n) is 2.08. The Morgan fingerprint density at radius 2 is 2.35 bits per heavy atom. The lowest BCUT2D eigenvalue weighted by Gasteiger charge is -2.15. The van der Waals surface area contributed by atoms with Crippen LogP contribution in [0, 0.1) is 0 Å². The molecule has 17 heavy (non-hydrogen) atoms. The smallest absolute Gasteiger partial charge is 0.329 e. The average Bonchev–Trinajstić information content (AvgIpc) is 2.81. The molecule has 0 aliphatic rings. The number of ether oxygens (including phenoxy) is 1. The van der Waals surface area contributed by atoms with Crippen LogP contribution in [0.15, 0.2) is 22.8 Å². The summed E-state index contributed by atoms with van der Waals surface area (Å²) in [6, 6.07) is 2.67. The Morgan fingerprint density at radius 3 is 2.88 bits per heavy atom. The third kappa shape index (κ3) is 4.28. The van der Waals surface area contributed by atoms with Gasteiger partial charge in [0, 0.05) is 6.42 Å². The summed E-state index contributed by atoms with van der Waals surface area (Å²) in [6.45, 7) is 1.78. The van der Waals surface area contributed by atoms with Crippen molar-refractivity contribution in [3.63, 3.8) is 0 Å². The highest BCUT2D eigenvalue weighted by atomic mass is 16.5. The van der Waals surface area contributed by atoms with E-state index in [-0.39, 0.29) is 19.6 Å². The first kappa shape index (κ1) is 13.2. The zero-order chi connectivity index (χ0) is 12.7. The second-order valence-corrected chi connectivity index (χ2v) is 3.36. The Kier molecular flexibility index (Phi) is 5.22. The summed E-state index contributed by atoms with van der Waals surface area (Å²) < 4.78 is 9.98. The van der Waals surface area contributed by atoms with E-state index in [2.05, 4.69) is 5.32 Å². The molecule has 0 aliphatic carbocycles. The van der Waals surface area contributed by atoms with Crippen molar-refractivity contribution in [2.24, 2.45) is 5.73 Å². The minimum atomic E-state index is -0.767. The molecule has 1 aromatic rings. The van der Waals surface area contributed by atoms with Gasteiger partial charge in [-0.2, -0.15) is 0 Å². The summed E-state index contributed by atoms with van der Waals surface area (Å²) in [5, 5.41) is 2.49. The summed E-state index contributed by atoms with van der Waals surface area (Å²) >= 11 is 0. The summed E-state index contributed by atoms with van der Waals surface area (Å²) in [5.74, 6) is -0.305. The Morgan fingerprint density at radius 1 is 1.59 bits per heavy atom. The molecule has 0 fully saturated rings. The standard InChI is InChI=1S/C11H16N2O4/c1-2-16-11(15)9(13-10(14)7-12)6-8-4-3-5-17-8/h3-5,9H,2,6-7,12H2,1H3,(H,13,14)/t9-/m0/s1. The van der Waals surface area contributed by atoms with Gasteiger partial charge in [-0.15, -0.1) is 0 Å². The minimum Gasteiger partial charge on any atom is -0.469 e. The first-order valence-electron chi connectivity index (χ1n) is 5.35. The highest BCUT2D eigenvalue weighted by Gasteiger charge is 2.22.